The molecule has 0 aromatic heterocycles. The second kappa shape index (κ2) is 10.7. The fraction of sp³-hybridized carbons (Fsp3) is 0.364. The Balaban J connectivity index is 3.17. The van der Waals surface area contributed by atoms with E-state index in [-0.39, 0.29) is 28.9 Å². The number of hydrazine groups is 1. The molecular formula is C22H29BN2O4. The molecule has 154 valence electrons. The van der Waals surface area contributed by atoms with Crippen molar-refractivity contribution >= 4 is 24.4 Å². The van der Waals surface area contributed by atoms with Gasteiger partial charge < -0.3 is 10.0 Å². The zero-order chi connectivity index (χ0) is 22.2. The van der Waals surface area contributed by atoms with Crippen LogP contribution >= 0.6 is 0 Å². The first kappa shape index (κ1) is 24.2. The van der Waals surface area contributed by atoms with Crippen molar-refractivity contribution in [2.45, 2.75) is 41.0 Å². The summed E-state index contributed by atoms with van der Waals surface area (Å²) in [5.41, 5.74) is 3.98. The molecule has 0 spiro atoms. The molecule has 0 radical (unpaired) electrons. The van der Waals surface area contributed by atoms with Gasteiger partial charge in [0.2, 0.25) is 0 Å². The molecule has 0 heterocycles. The minimum Gasteiger partial charge on any atom is -0.423 e. The third kappa shape index (κ3) is 7.98. The summed E-state index contributed by atoms with van der Waals surface area (Å²) in [5.74, 6) is 1.67. The summed E-state index contributed by atoms with van der Waals surface area (Å²) in [6, 6.07) is 5.82. The van der Waals surface area contributed by atoms with Crippen LogP contribution in [0.1, 0.15) is 51.4 Å². The molecule has 0 saturated heterocycles. The van der Waals surface area contributed by atoms with E-state index >= 15 is 0 Å². The summed E-state index contributed by atoms with van der Waals surface area (Å²) in [6.45, 7) is 9.82. The Morgan fingerprint density at radius 3 is 2.28 bits per heavy atom. The highest BCUT2D eigenvalue weighted by molar-refractivity contribution is 6.58. The molecule has 0 aliphatic heterocycles. The van der Waals surface area contributed by atoms with Gasteiger partial charge in [-0.05, 0) is 48.0 Å². The number of hydrogen-bond acceptors (Lipinski definition) is 4. The fourth-order valence-corrected chi connectivity index (χ4v) is 2.49. The number of hydrogen-bond donors (Lipinski definition) is 3. The lowest BCUT2D eigenvalue weighted by Gasteiger charge is -2.30. The van der Waals surface area contributed by atoms with Crippen LogP contribution in [0.4, 0.5) is 0 Å². The van der Waals surface area contributed by atoms with Crippen molar-refractivity contribution in [2.75, 3.05) is 6.54 Å². The van der Waals surface area contributed by atoms with E-state index < -0.39 is 13.0 Å². The first-order valence-electron chi connectivity index (χ1n) is 9.42. The number of nitrogens with zero attached hydrogens (tertiary/aromatic N) is 1. The number of carbonyl (C=O) groups is 2. The van der Waals surface area contributed by atoms with Crippen LogP contribution in [0.5, 0.6) is 0 Å². The molecule has 0 bridgehead atoms. The van der Waals surface area contributed by atoms with Gasteiger partial charge in [-0.15, -0.1) is 6.42 Å². The number of amides is 2. The molecule has 1 aromatic carbocycles. The van der Waals surface area contributed by atoms with Crippen LogP contribution in [0, 0.1) is 17.8 Å². The zero-order valence-electron chi connectivity index (χ0n) is 17.7. The lowest BCUT2D eigenvalue weighted by atomic mass is 9.80. The van der Waals surface area contributed by atoms with Crippen molar-refractivity contribution in [3.05, 3.63) is 53.1 Å². The molecule has 2 amide bonds. The van der Waals surface area contributed by atoms with Crippen LogP contribution in [0.2, 0.25) is 0 Å². The monoisotopic (exact) mass is 396 g/mol. The summed E-state index contributed by atoms with van der Waals surface area (Å²) >= 11 is 0. The van der Waals surface area contributed by atoms with Crippen LogP contribution in [-0.4, -0.2) is 40.5 Å². The molecule has 7 heteroatoms. The zero-order valence-corrected chi connectivity index (χ0v) is 17.7. The first-order valence-corrected chi connectivity index (χ1v) is 9.42. The van der Waals surface area contributed by atoms with Crippen molar-refractivity contribution in [1.29, 1.82) is 0 Å². The number of rotatable bonds is 6. The van der Waals surface area contributed by atoms with Gasteiger partial charge in [-0.1, -0.05) is 51.8 Å². The normalized spacial score (nSPS) is 12.2. The van der Waals surface area contributed by atoms with E-state index in [2.05, 4.69) is 11.3 Å². The van der Waals surface area contributed by atoms with Crippen molar-refractivity contribution in [2.24, 2.45) is 5.41 Å². The average Bonchev–Trinajstić information content (AvgIpc) is 2.65. The Hall–Kier alpha value is -2.82. The number of nitrogens with one attached hydrogen (secondary N) is 1. The highest BCUT2D eigenvalue weighted by atomic mass is 16.4. The minimum absolute atomic E-state index is 0.268. The fourth-order valence-electron chi connectivity index (χ4n) is 2.49. The van der Waals surface area contributed by atoms with Gasteiger partial charge in [-0.2, -0.15) is 0 Å². The maximum absolute atomic E-state index is 13.1. The van der Waals surface area contributed by atoms with E-state index in [1.54, 1.807) is 19.1 Å². The van der Waals surface area contributed by atoms with Crippen LogP contribution < -0.4 is 10.9 Å². The standard InChI is InChI=1S/C22H29BN2O4/c1-7-9-18(14-16(3)8-2)21(27)25(15-22(4,5)6)24-20(26)17-10-12-19(13-11-17)23(28)29/h2,9-14,28-29H,7,15H2,1,3-6H3,(H,24,26)/b16-14-,18-9+. The summed E-state index contributed by atoms with van der Waals surface area (Å²) < 4.78 is 0. The molecule has 6 nitrogen and oxygen atoms in total. The van der Waals surface area contributed by atoms with Crippen molar-refractivity contribution in [3.8, 4) is 12.3 Å². The van der Waals surface area contributed by atoms with Gasteiger partial charge in [0.25, 0.3) is 11.8 Å². The van der Waals surface area contributed by atoms with E-state index in [1.807, 2.05) is 27.7 Å². The molecule has 0 aliphatic carbocycles. The van der Waals surface area contributed by atoms with Crippen LogP contribution in [0.3, 0.4) is 0 Å². The average molecular weight is 396 g/mol. The summed E-state index contributed by atoms with van der Waals surface area (Å²) in [6.07, 6.45) is 9.44. The maximum atomic E-state index is 13.1. The van der Waals surface area contributed by atoms with Gasteiger partial charge in [0, 0.05) is 17.7 Å². The summed E-state index contributed by atoms with van der Waals surface area (Å²) in [7, 11) is -1.61. The molecule has 0 saturated carbocycles. The van der Waals surface area contributed by atoms with E-state index in [0.29, 0.717) is 17.6 Å². The van der Waals surface area contributed by atoms with Gasteiger partial charge in [0.05, 0.1) is 0 Å². The Bertz CT molecular complexity index is 828. The Morgan fingerprint density at radius 2 is 1.83 bits per heavy atom. The summed E-state index contributed by atoms with van der Waals surface area (Å²) in [4.78, 5) is 25.8. The van der Waals surface area contributed by atoms with Crippen molar-refractivity contribution in [3.63, 3.8) is 0 Å². The van der Waals surface area contributed by atoms with Gasteiger partial charge >= 0.3 is 7.12 Å². The third-order valence-electron chi connectivity index (χ3n) is 3.86. The Labute approximate surface area is 173 Å². The van der Waals surface area contributed by atoms with Crippen molar-refractivity contribution in [1.82, 2.24) is 10.4 Å². The molecule has 0 unspecified atom stereocenters. The predicted octanol–water partition coefficient (Wildman–Crippen LogP) is 1.80. The molecule has 0 fully saturated rings. The maximum Gasteiger partial charge on any atom is 0.488 e. The van der Waals surface area contributed by atoms with Crippen LogP contribution in [0.15, 0.2) is 47.6 Å². The molecule has 3 N–H and O–H groups in total. The third-order valence-corrected chi connectivity index (χ3v) is 3.86. The van der Waals surface area contributed by atoms with Crippen molar-refractivity contribution < 1.29 is 19.6 Å². The highest BCUT2D eigenvalue weighted by Crippen LogP contribution is 2.17. The smallest absolute Gasteiger partial charge is 0.423 e. The SMILES string of the molecule is C#C/C(C)=C\C(=C/CC)C(=O)N(CC(C)(C)C)NC(=O)c1ccc(B(O)O)cc1. The van der Waals surface area contributed by atoms with E-state index in [4.69, 9.17) is 6.42 Å². The molecule has 29 heavy (non-hydrogen) atoms. The molecule has 1 aromatic rings. The van der Waals surface area contributed by atoms with Gasteiger partial charge in [-0.3, -0.25) is 15.0 Å². The second-order valence-electron chi connectivity index (χ2n) is 7.93. The molecule has 0 aliphatic rings. The largest absolute Gasteiger partial charge is 0.488 e. The molecule has 0 atom stereocenters. The molecule has 1 rings (SSSR count). The topological polar surface area (TPSA) is 89.9 Å². The predicted molar refractivity (Wildman–Crippen MR) is 116 cm³/mol. The lowest BCUT2D eigenvalue weighted by molar-refractivity contribution is -0.130. The number of carbonyl (C=O) groups excluding carboxylic acids is 2. The van der Waals surface area contributed by atoms with Gasteiger partial charge in [0.1, 0.15) is 0 Å². The highest BCUT2D eigenvalue weighted by Gasteiger charge is 2.25. The number of benzene rings is 1. The van der Waals surface area contributed by atoms with E-state index in [9.17, 15) is 19.6 Å². The Morgan fingerprint density at radius 1 is 1.24 bits per heavy atom. The van der Waals surface area contributed by atoms with Crippen LogP contribution in [0.25, 0.3) is 0 Å². The van der Waals surface area contributed by atoms with E-state index in [1.165, 1.54) is 29.3 Å². The Kier molecular flexibility index (Phi) is 8.90. The van der Waals surface area contributed by atoms with Gasteiger partial charge in [-0.25, -0.2) is 5.01 Å². The van der Waals surface area contributed by atoms with Crippen LogP contribution in [-0.2, 0) is 4.79 Å². The second-order valence-corrected chi connectivity index (χ2v) is 7.93. The van der Waals surface area contributed by atoms with Gasteiger partial charge in [0.15, 0.2) is 0 Å². The lowest BCUT2D eigenvalue weighted by Crippen LogP contribution is -2.50. The number of terminal acetylenes is 1. The minimum atomic E-state index is -1.61. The summed E-state index contributed by atoms with van der Waals surface area (Å²) in [5, 5.41) is 19.6. The molecular weight excluding hydrogens is 367 g/mol. The number of allylic oxidation sites excluding steroid dienone is 2. The quantitative estimate of drug-likeness (QED) is 0.225. The van der Waals surface area contributed by atoms with E-state index in [0.717, 1.165) is 0 Å². The first-order chi connectivity index (χ1) is 13.5.